The van der Waals surface area contributed by atoms with Crippen molar-refractivity contribution in [1.82, 2.24) is 9.55 Å². The van der Waals surface area contributed by atoms with E-state index in [1.54, 1.807) is 11.5 Å². The van der Waals surface area contributed by atoms with Crippen LogP contribution >= 0.6 is 0 Å². The van der Waals surface area contributed by atoms with Crippen LogP contribution in [0.1, 0.15) is 5.82 Å². The van der Waals surface area contributed by atoms with Crippen molar-refractivity contribution in [2.24, 2.45) is 0 Å². The van der Waals surface area contributed by atoms with E-state index in [4.69, 9.17) is 0 Å². The normalized spacial score (nSPS) is 10.2. The third-order valence-electron chi connectivity index (χ3n) is 1.60. The van der Waals surface area contributed by atoms with Gasteiger partial charge in [-0.3, -0.25) is 0 Å². The Kier molecular flexibility index (Phi) is 2.39. The lowest BCUT2D eigenvalue weighted by Crippen LogP contribution is -2.52. The molecule has 1 heterocycles. The topological polar surface area (TPSA) is 88.6 Å². The van der Waals surface area contributed by atoms with E-state index >= 15 is 0 Å². The summed E-state index contributed by atoms with van der Waals surface area (Å²) in [5, 5.41) is 10.4. The molecule has 66 valence electrons. The molecule has 0 saturated heterocycles. The quantitative estimate of drug-likeness (QED) is 0.483. The first-order chi connectivity index (χ1) is 5.66. The molecular formula is C6H11N4O2+. The Morgan fingerprint density at radius 1 is 1.83 bits per heavy atom. The molecule has 0 aromatic carbocycles. The fraction of sp³-hybridized carbons (Fsp3) is 0.500. The zero-order valence-electron chi connectivity index (χ0n) is 6.86. The molecule has 1 aromatic rings. The standard InChI is InChI=1S/C6H10N4O2/c1-5-8-4-6(10(11)12)9(5)3-2-7/h4H,2-3,7H2,1H3/p+1. The minimum Gasteiger partial charge on any atom is -0.358 e. The van der Waals surface area contributed by atoms with Gasteiger partial charge in [-0.15, -0.1) is 0 Å². The minimum atomic E-state index is -0.435. The van der Waals surface area contributed by atoms with Crippen LogP contribution in [-0.2, 0) is 6.54 Å². The number of hydrogen-bond acceptors (Lipinski definition) is 3. The van der Waals surface area contributed by atoms with Gasteiger partial charge in [0.15, 0.2) is 5.82 Å². The van der Waals surface area contributed by atoms with Crippen LogP contribution in [0.2, 0.25) is 0 Å². The number of imidazole rings is 1. The number of rotatable bonds is 3. The maximum Gasteiger partial charge on any atom is 0.343 e. The number of nitro groups is 1. The van der Waals surface area contributed by atoms with Crippen LogP contribution in [0, 0.1) is 17.0 Å². The van der Waals surface area contributed by atoms with Crippen LogP contribution in [0.5, 0.6) is 0 Å². The van der Waals surface area contributed by atoms with E-state index in [9.17, 15) is 10.1 Å². The molecule has 0 bridgehead atoms. The molecule has 0 atom stereocenters. The van der Waals surface area contributed by atoms with Gasteiger partial charge < -0.3 is 15.8 Å². The lowest BCUT2D eigenvalue weighted by molar-refractivity contribution is -0.396. The Hall–Kier alpha value is -1.43. The molecule has 6 heteroatoms. The predicted octanol–water partition coefficient (Wildman–Crippen LogP) is -0.658. The second-order valence-corrected chi connectivity index (χ2v) is 2.43. The first-order valence-electron chi connectivity index (χ1n) is 3.62. The van der Waals surface area contributed by atoms with Crippen LogP contribution in [0.25, 0.3) is 0 Å². The van der Waals surface area contributed by atoms with Crippen molar-refractivity contribution in [3.05, 3.63) is 22.1 Å². The van der Waals surface area contributed by atoms with Gasteiger partial charge in [-0.1, -0.05) is 0 Å². The van der Waals surface area contributed by atoms with Gasteiger partial charge in [-0.2, -0.15) is 0 Å². The number of aromatic nitrogens is 2. The second kappa shape index (κ2) is 3.31. The van der Waals surface area contributed by atoms with Gasteiger partial charge in [0.1, 0.15) is 19.3 Å². The van der Waals surface area contributed by atoms with E-state index in [1.807, 2.05) is 0 Å². The van der Waals surface area contributed by atoms with Crippen molar-refractivity contribution < 1.29 is 10.7 Å². The third kappa shape index (κ3) is 1.42. The molecule has 0 aliphatic carbocycles. The molecule has 12 heavy (non-hydrogen) atoms. The first kappa shape index (κ1) is 8.66. The zero-order valence-corrected chi connectivity index (χ0v) is 6.86. The summed E-state index contributed by atoms with van der Waals surface area (Å²) < 4.78 is 1.55. The van der Waals surface area contributed by atoms with Gasteiger partial charge in [0.25, 0.3) is 0 Å². The maximum atomic E-state index is 10.4. The highest BCUT2D eigenvalue weighted by molar-refractivity contribution is 5.18. The molecule has 3 N–H and O–H groups in total. The van der Waals surface area contributed by atoms with Crippen molar-refractivity contribution in [1.29, 1.82) is 0 Å². The van der Waals surface area contributed by atoms with Crippen molar-refractivity contribution in [3.63, 3.8) is 0 Å². The third-order valence-corrected chi connectivity index (χ3v) is 1.60. The highest BCUT2D eigenvalue weighted by Crippen LogP contribution is 2.12. The largest absolute Gasteiger partial charge is 0.358 e. The average molecular weight is 171 g/mol. The smallest absolute Gasteiger partial charge is 0.343 e. The zero-order chi connectivity index (χ0) is 9.14. The molecule has 0 aliphatic heterocycles. The summed E-state index contributed by atoms with van der Waals surface area (Å²) in [5.74, 6) is 0.696. The van der Waals surface area contributed by atoms with Gasteiger partial charge in [0, 0.05) is 6.92 Å². The molecule has 0 spiro atoms. The fourth-order valence-corrected chi connectivity index (χ4v) is 1.04. The number of hydrogen-bond donors (Lipinski definition) is 1. The lowest BCUT2D eigenvalue weighted by Gasteiger charge is -1.97. The predicted molar refractivity (Wildman–Crippen MR) is 41.4 cm³/mol. The van der Waals surface area contributed by atoms with E-state index < -0.39 is 4.92 Å². The van der Waals surface area contributed by atoms with Gasteiger partial charge in [-0.25, -0.2) is 9.55 Å². The second-order valence-electron chi connectivity index (χ2n) is 2.43. The number of nitrogens with zero attached hydrogens (tertiary/aromatic N) is 3. The van der Waals surface area contributed by atoms with Crippen LogP contribution in [0.4, 0.5) is 5.82 Å². The van der Waals surface area contributed by atoms with Crippen LogP contribution in [0.15, 0.2) is 6.20 Å². The summed E-state index contributed by atoms with van der Waals surface area (Å²) in [6.45, 7) is 2.91. The summed E-state index contributed by atoms with van der Waals surface area (Å²) in [6, 6.07) is 0. The highest BCUT2D eigenvalue weighted by atomic mass is 16.6. The van der Waals surface area contributed by atoms with Crippen molar-refractivity contribution in [2.45, 2.75) is 13.5 Å². The molecule has 6 nitrogen and oxygen atoms in total. The van der Waals surface area contributed by atoms with E-state index in [2.05, 4.69) is 10.7 Å². The Balaban J connectivity index is 3.03. The summed E-state index contributed by atoms with van der Waals surface area (Å²) in [6.07, 6.45) is 1.27. The highest BCUT2D eigenvalue weighted by Gasteiger charge is 2.16. The Morgan fingerprint density at radius 3 is 3.00 bits per heavy atom. The van der Waals surface area contributed by atoms with Crippen LogP contribution in [0.3, 0.4) is 0 Å². The number of aryl methyl sites for hydroxylation is 1. The molecule has 1 rings (SSSR count). The van der Waals surface area contributed by atoms with Gasteiger partial charge >= 0.3 is 5.82 Å². The summed E-state index contributed by atoms with van der Waals surface area (Å²) in [7, 11) is 0. The van der Waals surface area contributed by atoms with E-state index in [-0.39, 0.29) is 5.82 Å². The van der Waals surface area contributed by atoms with Crippen molar-refractivity contribution in [2.75, 3.05) is 6.54 Å². The Bertz CT molecular complexity index is 294. The SMILES string of the molecule is Cc1ncc([N+](=O)[O-])n1CC[NH3+]. The summed E-state index contributed by atoms with van der Waals surface area (Å²) >= 11 is 0. The average Bonchev–Trinajstić information content (AvgIpc) is 2.34. The van der Waals surface area contributed by atoms with Gasteiger partial charge in [-0.05, 0) is 4.92 Å². The van der Waals surface area contributed by atoms with Crippen LogP contribution < -0.4 is 5.73 Å². The van der Waals surface area contributed by atoms with Crippen LogP contribution in [-0.4, -0.2) is 21.0 Å². The Morgan fingerprint density at radius 2 is 2.50 bits per heavy atom. The first-order valence-corrected chi connectivity index (χ1v) is 3.62. The summed E-state index contributed by atoms with van der Waals surface area (Å²) in [5.41, 5.74) is 3.63. The van der Waals surface area contributed by atoms with E-state index in [0.717, 1.165) is 0 Å². The summed E-state index contributed by atoms with van der Waals surface area (Å²) in [4.78, 5) is 13.8. The minimum absolute atomic E-state index is 0.0381. The number of quaternary nitrogens is 1. The molecule has 0 saturated carbocycles. The van der Waals surface area contributed by atoms with E-state index in [0.29, 0.717) is 18.9 Å². The molecule has 0 fully saturated rings. The van der Waals surface area contributed by atoms with E-state index in [1.165, 1.54) is 6.20 Å². The molecular weight excluding hydrogens is 160 g/mol. The Labute approximate surface area is 69.2 Å². The molecule has 1 aromatic heterocycles. The van der Waals surface area contributed by atoms with Crippen molar-refractivity contribution >= 4 is 5.82 Å². The molecule has 0 amide bonds. The maximum absolute atomic E-state index is 10.4. The monoisotopic (exact) mass is 171 g/mol. The molecule has 0 unspecified atom stereocenters. The van der Waals surface area contributed by atoms with Gasteiger partial charge in [0.05, 0.1) is 0 Å². The molecule has 0 aliphatic rings. The van der Waals surface area contributed by atoms with Gasteiger partial charge in [0.2, 0.25) is 0 Å². The fourth-order valence-electron chi connectivity index (χ4n) is 1.04. The lowest BCUT2D eigenvalue weighted by atomic mass is 10.5. The molecule has 0 radical (unpaired) electrons. The van der Waals surface area contributed by atoms with Crippen molar-refractivity contribution in [3.8, 4) is 0 Å².